The van der Waals surface area contributed by atoms with Gasteiger partial charge in [-0.15, -0.1) is 11.6 Å². The van der Waals surface area contributed by atoms with Gasteiger partial charge in [0.05, 0.1) is 5.38 Å². The van der Waals surface area contributed by atoms with Crippen LogP contribution in [0.5, 0.6) is 0 Å². The van der Waals surface area contributed by atoms with Crippen LogP contribution in [-0.2, 0) is 9.59 Å². The molecule has 0 bridgehead atoms. The topological polar surface area (TPSA) is 103 Å². The van der Waals surface area contributed by atoms with Crippen molar-refractivity contribution in [3.63, 3.8) is 0 Å². The minimum absolute atomic E-state index is 0.0854. The van der Waals surface area contributed by atoms with Crippen molar-refractivity contribution in [2.45, 2.75) is 131 Å². The fourth-order valence-electron chi connectivity index (χ4n) is 10.1. The number of alkyl halides is 1. The molecule has 3 N–H and O–H groups in total. The maximum Gasteiger partial charge on any atom is 0.376 e. The fraction of sp³-hybridized carbons (Fsp3) is 0.720. The number of benzene rings is 2. The first-order chi connectivity index (χ1) is 30.8. The van der Waals surface area contributed by atoms with E-state index in [-0.39, 0.29) is 25.5 Å². The molecule has 0 saturated carbocycles. The standard InChI is InChI=1S/C25H41BClN3O2.C15H30BN3O2.C10H12Cl2/c1-18(2)23-17-28(25(19(3)4)21-6-8-22(27)9-7-21)14-15-30(23)24(31)16-20-10-12-29(13-11-20)26(5)32;1-12(2)14-11-17-6-9-19(14)15(20)10-13-4-7-18(8-5-13)16(3)21;1-7(2)10(12)8-3-5-9(11)6-4-8/h6-9,18-20,23,25,32H,10-17H2,1-5H3;12-14,17,21H,4-11H2,1-3H3;3-7,10H,1-2H3/t23-,25?;14-;/m11./s1. The van der Waals surface area contributed by atoms with Gasteiger partial charge in [-0.1, -0.05) is 103 Å². The first-order valence-corrected chi connectivity index (χ1v) is 26.0. The molecular weight excluding hydrogens is 877 g/mol. The van der Waals surface area contributed by atoms with Crippen molar-refractivity contribution < 1.29 is 19.6 Å². The average Bonchev–Trinajstić information content (AvgIpc) is 3.27. The first-order valence-electron chi connectivity index (χ1n) is 24.8. The number of nitrogens with zero attached hydrogens (tertiary/aromatic N) is 5. The van der Waals surface area contributed by atoms with Crippen LogP contribution in [0.4, 0.5) is 0 Å². The monoisotopic (exact) mass is 959 g/mol. The molecule has 2 aromatic rings. The zero-order valence-corrected chi connectivity index (χ0v) is 43.7. The van der Waals surface area contributed by atoms with Gasteiger partial charge in [-0.25, -0.2) is 0 Å². The molecule has 4 aliphatic rings. The summed E-state index contributed by atoms with van der Waals surface area (Å²) in [5.74, 6) is 3.39. The minimum Gasteiger partial charge on any atom is -0.437 e. The number of nitrogens with one attached hydrogen (secondary N) is 1. The number of piperidine rings is 2. The smallest absolute Gasteiger partial charge is 0.376 e. The van der Waals surface area contributed by atoms with Gasteiger partial charge in [-0.2, -0.15) is 0 Å². The van der Waals surface area contributed by atoms with E-state index in [1.54, 1.807) is 0 Å². The van der Waals surface area contributed by atoms with Crippen LogP contribution in [0.2, 0.25) is 23.7 Å². The third kappa shape index (κ3) is 17.3. The van der Waals surface area contributed by atoms with Gasteiger partial charge in [0.15, 0.2) is 0 Å². The van der Waals surface area contributed by atoms with E-state index in [1.807, 2.05) is 50.0 Å². The first kappa shape index (κ1) is 55.7. The number of rotatable bonds is 13. The van der Waals surface area contributed by atoms with E-state index < -0.39 is 0 Å². The number of carbonyl (C=O) groups is 2. The Labute approximate surface area is 409 Å². The van der Waals surface area contributed by atoms with Crippen molar-refractivity contribution in [2.75, 3.05) is 65.4 Å². The Morgan fingerprint density at radius 2 is 1.06 bits per heavy atom. The highest BCUT2D eigenvalue weighted by Gasteiger charge is 2.38. The lowest BCUT2D eigenvalue weighted by Gasteiger charge is -2.47. The number of hydrogen-bond donors (Lipinski definition) is 3. The highest BCUT2D eigenvalue weighted by Crippen LogP contribution is 2.34. The van der Waals surface area contributed by atoms with Crippen molar-refractivity contribution in [3.8, 4) is 0 Å². The molecule has 2 aromatic carbocycles. The van der Waals surface area contributed by atoms with Crippen LogP contribution >= 0.6 is 34.8 Å². The summed E-state index contributed by atoms with van der Waals surface area (Å²) in [6, 6.07) is 16.8. The number of amides is 2. The predicted molar refractivity (Wildman–Crippen MR) is 275 cm³/mol. The average molecular weight is 960 g/mol. The normalized spacial score (nSPS) is 21.8. The SMILES string of the molecule is CB(O)N1CCC(CC(=O)N2CCN(C(c3ccc(Cl)cc3)C(C)C)C[C@@H]2C(C)C)CC1.CB(O)N1CCC(CC(=O)N2CCNC[C@@H]2C(C)C)CC1.CC(C)C(Cl)c1ccc(Cl)cc1. The molecule has 65 heavy (non-hydrogen) atoms. The van der Waals surface area contributed by atoms with Crippen LogP contribution in [0.1, 0.15) is 116 Å². The Morgan fingerprint density at radius 1 is 0.631 bits per heavy atom. The highest BCUT2D eigenvalue weighted by molar-refractivity contribution is 6.45. The van der Waals surface area contributed by atoms with E-state index in [1.165, 1.54) is 5.56 Å². The van der Waals surface area contributed by atoms with Crippen molar-refractivity contribution >= 4 is 60.7 Å². The summed E-state index contributed by atoms with van der Waals surface area (Å²) in [4.78, 5) is 37.0. The van der Waals surface area contributed by atoms with Gasteiger partial charge in [0.25, 0.3) is 0 Å². The molecule has 0 aliphatic carbocycles. The number of piperazine rings is 2. The lowest BCUT2D eigenvalue weighted by molar-refractivity contribution is -0.140. The third-order valence-corrected chi connectivity index (χ3v) is 15.5. The van der Waals surface area contributed by atoms with Gasteiger partial charge in [0, 0.05) is 80.3 Å². The van der Waals surface area contributed by atoms with Crippen LogP contribution in [0.25, 0.3) is 0 Å². The Balaban J connectivity index is 0.000000239. The van der Waals surface area contributed by atoms with Crippen LogP contribution in [0.15, 0.2) is 48.5 Å². The molecule has 4 fully saturated rings. The molecule has 15 heteroatoms. The maximum atomic E-state index is 13.3. The minimum atomic E-state index is -0.389. The van der Waals surface area contributed by atoms with E-state index in [0.29, 0.717) is 72.2 Å². The van der Waals surface area contributed by atoms with Gasteiger partial charge in [-0.3, -0.25) is 14.5 Å². The Morgan fingerprint density at radius 3 is 1.46 bits per heavy atom. The highest BCUT2D eigenvalue weighted by atomic mass is 35.5. The second-order valence-electron chi connectivity index (χ2n) is 20.6. The second-order valence-corrected chi connectivity index (χ2v) is 21.9. The van der Waals surface area contributed by atoms with E-state index in [0.717, 1.165) is 107 Å². The molecule has 2 amide bonds. The van der Waals surface area contributed by atoms with Gasteiger partial charge < -0.3 is 34.8 Å². The zero-order valence-electron chi connectivity index (χ0n) is 41.4. The summed E-state index contributed by atoms with van der Waals surface area (Å²) >= 11 is 18.0. The van der Waals surface area contributed by atoms with Gasteiger partial charge in [0.2, 0.25) is 11.8 Å². The summed E-state index contributed by atoms with van der Waals surface area (Å²) in [6.07, 6.45) is 5.35. The lowest BCUT2D eigenvalue weighted by Crippen LogP contribution is -2.58. The Kier molecular flexibility index (Phi) is 23.5. The molecule has 0 radical (unpaired) electrons. The van der Waals surface area contributed by atoms with Crippen molar-refractivity contribution in [2.24, 2.45) is 35.5 Å². The number of hydrogen-bond acceptors (Lipinski definition) is 8. The predicted octanol–water partition coefficient (Wildman–Crippen LogP) is 9.35. The van der Waals surface area contributed by atoms with E-state index in [2.05, 4.69) is 97.2 Å². The van der Waals surface area contributed by atoms with Gasteiger partial charge in [0.1, 0.15) is 0 Å². The van der Waals surface area contributed by atoms with E-state index in [9.17, 15) is 19.6 Å². The summed E-state index contributed by atoms with van der Waals surface area (Å²) in [6.45, 7) is 30.1. The molecule has 4 saturated heterocycles. The molecule has 10 nitrogen and oxygen atoms in total. The van der Waals surface area contributed by atoms with Crippen LogP contribution in [0.3, 0.4) is 0 Å². The summed E-state index contributed by atoms with van der Waals surface area (Å²) in [5.41, 5.74) is 2.44. The largest absolute Gasteiger partial charge is 0.437 e. The molecule has 6 rings (SSSR count). The summed E-state index contributed by atoms with van der Waals surface area (Å²) in [5, 5.41) is 24.4. The van der Waals surface area contributed by atoms with Crippen LogP contribution in [0, 0.1) is 35.5 Å². The number of carbonyl (C=O) groups excluding carboxylic acids is 2. The van der Waals surface area contributed by atoms with Crippen molar-refractivity contribution in [1.82, 2.24) is 29.6 Å². The molecule has 4 heterocycles. The van der Waals surface area contributed by atoms with Gasteiger partial charge in [-0.05, 0) is 136 Å². The van der Waals surface area contributed by atoms with Crippen LogP contribution < -0.4 is 5.32 Å². The molecular formula is C50H83B2Cl3N6O4. The Bertz CT molecular complexity index is 1690. The summed E-state index contributed by atoms with van der Waals surface area (Å²) in [7, 11) is -0.750. The lowest BCUT2D eigenvalue weighted by atomic mass is 9.80. The molecule has 2 unspecified atom stereocenters. The maximum absolute atomic E-state index is 13.3. The van der Waals surface area contributed by atoms with E-state index in [4.69, 9.17) is 34.8 Å². The molecule has 0 aromatic heterocycles. The van der Waals surface area contributed by atoms with Crippen LogP contribution in [-0.4, -0.2) is 138 Å². The molecule has 364 valence electrons. The summed E-state index contributed by atoms with van der Waals surface area (Å²) < 4.78 is 0. The quantitative estimate of drug-likeness (QED) is 0.135. The van der Waals surface area contributed by atoms with E-state index >= 15 is 0 Å². The third-order valence-electron chi connectivity index (χ3n) is 14.2. The fourth-order valence-corrected chi connectivity index (χ4v) is 10.5. The Hall–Kier alpha value is -1.86. The molecule has 0 spiro atoms. The zero-order chi connectivity index (χ0) is 48.0. The van der Waals surface area contributed by atoms with Crippen molar-refractivity contribution in [1.29, 1.82) is 0 Å². The van der Waals surface area contributed by atoms with Gasteiger partial charge >= 0.3 is 14.1 Å². The number of halogens is 3. The van der Waals surface area contributed by atoms with Crippen molar-refractivity contribution in [3.05, 3.63) is 69.7 Å². The second kappa shape index (κ2) is 27.4. The molecule has 4 aliphatic heterocycles. The molecule has 4 atom stereocenters.